The highest BCUT2D eigenvalue weighted by molar-refractivity contribution is 5.86. The lowest BCUT2D eigenvalue weighted by atomic mass is 10.2. The number of hydrogen-bond acceptors (Lipinski definition) is 1. The number of aromatic nitrogens is 1. The van der Waals surface area contributed by atoms with E-state index in [1.165, 1.54) is 11.1 Å². The van der Waals surface area contributed by atoms with Gasteiger partial charge in [-0.3, -0.25) is 0 Å². The maximum Gasteiger partial charge on any atom is 0.128 e. The van der Waals surface area contributed by atoms with Crippen molar-refractivity contribution in [1.29, 1.82) is 0 Å². The number of benzene rings is 1. The van der Waals surface area contributed by atoms with E-state index in [9.17, 15) is 0 Å². The Bertz CT molecular complexity index is 417. The second-order valence-electron chi connectivity index (χ2n) is 3.10. The van der Waals surface area contributed by atoms with E-state index < -0.39 is 0 Å². The third-order valence-electron chi connectivity index (χ3n) is 2.06. The number of aryl methyl sites for hydroxylation is 1. The number of nitrogens with one attached hydrogen (secondary N) is 1. The molecule has 1 aromatic heterocycles. The Hall–Kier alpha value is -1.44. The van der Waals surface area contributed by atoms with Crippen molar-refractivity contribution in [3.8, 4) is 5.75 Å². The zero-order chi connectivity index (χ0) is 11.3. The number of rotatable bonds is 2. The van der Waals surface area contributed by atoms with Crippen molar-refractivity contribution < 1.29 is 4.74 Å². The summed E-state index contributed by atoms with van der Waals surface area (Å²) in [5, 5.41) is 1.17. The first-order chi connectivity index (χ1) is 7.31. The van der Waals surface area contributed by atoms with Gasteiger partial charge in [0, 0.05) is 16.6 Å². The van der Waals surface area contributed by atoms with Crippen molar-refractivity contribution in [2.75, 3.05) is 6.61 Å². The molecule has 0 aliphatic rings. The number of hydrogen-bond donors (Lipinski definition) is 1. The van der Waals surface area contributed by atoms with Crippen LogP contribution in [0.15, 0.2) is 24.3 Å². The van der Waals surface area contributed by atoms with Crippen molar-refractivity contribution in [1.82, 2.24) is 4.98 Å². The third kappa shape index (κ3) is 2.52. The molecule has 0 aliphatic heterocycles. The van der Waals surface area contributed by atoms with Crippen molar-refractivity contribution in [2.45, 2.75) is 27.7 Å². The molecule has 1 aromatic carbocycles. The standard InChI is InChI=1S/C11H13NO.C2H6/c1-3-13-11-6-4-5-10-9(11)7-8(2)12-10;1-2/h4-7,12H,3H2,1-2H3;1-2H3. The van der Waals surface area contributed by atoms with E-state index in [0.29, 0.717) is 6.61 Å². The van der Waals surface area contributed by atoms with Crippen LogP contribution in [0.5, 0.6) is 5.75 Å². The minimum Gasteiger partial charge on any atom is -0.493 e. The van der Waals surface area contributed by atoms with Gasteiger partial charge < -0.3 is 9.72 Å². The second-order valence-corrected chi connectivity index (χ2v) is 3.10. The lowest BCUT2D eigenvalue weighted by Gasteiger charge is -2.02. The summed E-state index contributed by atoms with van der Waals surface area (Å²) in [6.07, 6.45) is 0. The smallest absolute Gasteiger partial charge is 0.128 e. The molecule has 1 N–H and O–H groups in total. The van der Waals surface area contributed by atoms with Crippen LogP contribution < -0.4 is 4.74 Å². The highest BCUT2D eigenvalue weighted by Gasteiger charge is 2.02. The van der Waals surface area contributed by atoms with E-state index in [-0.39, 0.29) is 0 Å². The number of fused-ring (bicyclic) bond motifs is 1. The average molecular weight is 205 g/mol. The van der Waals surface area contributed by atoms with Crippen LogP contribution in [0.3, 0.4) is 0 Å². The van der Waals surface area contributed by atoms with Crippen LogP contribution in [0.1, 0.15) is 26.5 Å². The minimum absolute atomic E-state index is 0.712. The molecule has 0 bridgehead atoms. The topological polar surface area (TPSA) is 25.0 Å². The fourth-order valence-electron chi connectivity index (χ4n) is 1.55. The highest BCUT2D eigenvalue weighted by Crippen LogP contribution is 2.25. The molecule has 0 saturated heterocycles. The average Bonchev–Trinajstić information content (AvgIpc) is 2.63. The summed E-state index contributed by atoms with van der Waals surface area (Å²) < 4.78 is 5.51. The van der Waals surface area contributed by atoms with E-state index in [0.717, 1.165) is 11.3 Å². The van der Waals surface area contributed by atoms with Crippen LogP contribution in [0.4, 0.5) is 0 Å². The summed E-state index contributed by atoms with van der Waals surface area (Å²) in [7, 11) is 0. The molecule has 0 unspecified atom stereocenters. The molecule has 0 radical (unpaired) electrons. The van der Waals surface area contributed by atoms with Gasteiger partial charge in [-0.2, -0.15) is 0 Å². The van der Waals surface area contributed by atoms with Gasteiger partial charge >= 0.3 is 0 Å². The molecule has 0 aliphatic carbocycles. The van der Waals surface area contributed by atoms with Gasteiger partial charge in [0.2, 0.25) is 0 Å². The molecular formula is C13H19NO. The van der Waals surface area contributed by atoms with Crippen molar-refractivity contribution in [3.63, 3.8) is 0 Å². The predicted molar refractivity (Wildman–Crippen MR) is 65.6 cm³/mol. The molecule has 2 heteroatoms. The number of H-pyrrole nitrogens is 1. The molecule has 2 aromatic rings. The van der Waals surface area contributed by atoms with Gasteiger partial charge in [0.15, 0.2) is 0 Å². The van der Waals surface area contributed by atoms with Gasteiger partial charge in [-0.25, -0.2) is 0 Å². The van der Waals surface area contributed by atoms with Crippen LogP contribution in [0.2, 0.25) is 0 Å². The van der Waals surface area contributed by atoms with E-state index >= 15 is 0 Å². The van der Waals surface area contributed by atoms with Crippen molar-refractivity contribution >= 4 is 10.9 Å². The molecule has 0 atom stereocenters. The Balaban J connectivity index is 0.000000531. The van der Waals surface area contributed by atoms with Gasteiger partial charge in [0.1, 0.15) is 5.75 Å². The Kier molecular flexibility index (Phi) is 4.22. The Morgan fingerprint density at radius 2 is 2.00 bits per heavy atom. The molecule has 0 spiro atoms. The van der Waals surface area contributed by atoms with Crippen molar-refractivity contribution in [3.05, 3.63) is 30.0 Å². The monoisotopic (exact) mass is 205 g/mol. The van der Waals surface area contributed by atoms with E-state index in [2.05, 4.69) is 24.0 Å². The minimum atomic E-state index is 0.712. The number of ether oxygens (including phenoxy) is 1. The summed E-state index contributed by atoms with van der Waals surface area (Å²) in [5.74, 6) is 0.962. The molecule has 1 heterocycles. The molecule has 15 heavy (non-hydrogen) atoms. The van der Waals surface area contributed by atoms with Crippen LogP contribution in [0, 0.1) is 6.92 Å². The van der Waals surface area contributed by atoms with Crippen molar-refractivity contribution in [2.24, 2.45) is 0 Å². The Morgan fingerprint density at radius 1 is 1.27 bits per heavy atom. The maximum absolute atomic E-state index is 5.51. The molecule has 2 nitrogen and oxygen atoms in total. The zero-order valence-electron chi connectivity index (χ0n) is 9.92. The summed E-state index contributed by atoms with van der Waals surface area (Å²) in [6, 6.07) is 8.17. The zero-order valence-corrected chi connectivity index (χ0v) is 9.92. The summed E-state index contributed by atoms with van der Waals surface area (Å²) >= 11 is 0. The van der Waals surface area contributed by atoms with Gasteiger partial charge in [-0.05, 0) is 32.0 Å². The lowest BCUT2D eigenvalue weighted by Crippen LogP contribution is -1.90. The summed E-state index contributed by atoms with van der Waals surface area (Å²) in [4.78, 5) is 3.28. The third-order valence-corrected chi connectivity index (χ3v) is 2.06. The quantitative estimate of drug-likeness (QED) is 0.790. The Labute approximate surface area is 91.3 Å². The number of aromatic amines is 1. The molecule has 0 saturated carbocycles. The molecule has 2 rings (SSSR count). The summed E-state index contributed by atoms with van der Waals surface area (Å²) in [6.45, 7) is 8.76. The summed E-state index contributed by atoms with van der Waals surface area (Å²) in [5.41, 5.74) is 2.31. The fraction of sp³-hybridized carbons (Fsp3) is 0.385. The van der Waals surface area contributed by atoms with E-state index in [1.54, 1.807) is 0 Å². The molecule has 0 amide bonds. The maximum atomic E-state index is 5.51. The van der Waals surface area contributed by atoms with Gasteiger partial charge in [-0.1, -0.05) is 19.9 Å². The van der Waals surface area contributed by atoms with Gasteiger partial charge in [0.05, 0.1) is 6.61 Å². The second kappa shape index (κ2) is 5.44. The van der Waals surface area contributed by atoms with Crippen LogP contribution in [0.25, 0.3) is 10.9 Å². The first-order valence-corrected chi connectivity index (χ1v) is 5.52. The van der Waals surface area contributed by atoms with Crippen LogP contribution >= 0.6 is 0 Å². The normalized spacial score (nSPS) is 9.60. The SMILES string of the molecule is CC.CCOc1cccc2[nH]c(C)cc12. The molecule has 82 valence electrons. The fourth-order valence-corrected chi connectivity index (χ4v) is 1.55. The van der Waals surface area contributed by atoms with Gasteiger partial charge in [0.25, 0.3) is 0 Å². The van der Waals surface area contributed by atoms with Crippen LogP contribution in [-0.2, 0) is 0 Å². The van der Waals surface area contributed by atoms with E-state index in [1.807, 2.05) is 32.9 Å². The largest absolute Gasteiger partial charge is 0.493 e. The highest BCUT2D eigenvalue weighted by atomic mass is 16.5. The predicted octanol–water partition coefficient (Wildman–Crippen LogP) is 3.90. The molecular weight excluding hydrogens is 186 g/mol. The van der Waals surface area contributed by atoms with E-state index in [4.69, 9.17) is 4.74 Å². The lowest BCUT2D eigenvalue weighted by molar-refractivity contribution is 0.344. The Morgan fingerprint density at radius 3 is 2.67 bits per heavy atom. The van der Waals surface area contributed by atoms with Crippen LogP contribution in [-0.4, -0.2) is 11.6 Å². The van der Waals surface area contributed by atoms with Gasteiger partial charge in [-0.15, -0.1) is 0 Å². The molecule has 0 fully saturated rings. The first kappa shape index (κ1) is 11.6. The first-order valence-electron chi connectivity index (χ1n) is 5.52.